The molecule has 0 amide bonds. The van der Waals surface area contributed by atoms with E-state index < -0.39 is 17.0 Å². The number of nitrogens with zero attached hydrogens (tertiary/aromatic N) is 1. The molecule has 0 aliphatic carbocycles. The van der Waals surface area contributed by atoms with Crippen molar-refractivity contribution in [3.8, 4) is 0 Å². The first-order valence-electron chi connectivity index (χ1n) is 5.94. The number of nitrogens with two attached hydrogens (primary N) is 1. The van der Waals surface area contributed by atoms with E-state index in [4.69, 9.17) is 15.2 Å². The van der Waals surface area contributed by atoms with Crippen LogP contribution in [0.2, 0.25) is 0 Å². The van der Waals surface area contributed by atoms with E-state index >= 15 is 0 Å². The van der Waals surface area contributed by atoms with E-state index in [1.54, 1.807) is 0 Å². The number of nitrogens with one attached hydrogen (secondary N) is 2. The van der Waals surface area contributed by atoms with Crippen molar-refractivity contribution in [2.75, 3.05) is 24.2 Å². The molecule has 1 saturated heterocycles. The van der Waals surface area contributed by atoms with Gasteiger partial charge in [0.05, 0.1) is 6.61 Å². The normalized spacial score (nSPS) is 21.5. The SMILES string of the molecule is Cn1c(N)c(NCC2COC(C)(C)O2)c(=O)[nH]c1=O. The summed E-state index contributed by atoms with van der Waals surface area (Å²) in [7, 11) is 1.48. The van der Waals surface area contributed by atoms with Crippen LogP contribution in [0.15, 0.2) is 9.59 Å². The van der Waals surface area contributed by atoms with Crippen LogP contribution in [0.3, 0.4) is 0 Å². The smallest absolute Gasteiger partial charge is 0.329 e. The zero-order valence-corrected chi connectivity index (χ0v) is 11.1. The van der Waals surface area contributed by atoms with Crippen molar-refractivity contribution in [2.24, 2.45) is 7.05 Å². The monoisotopic (exact) mass is 270 g/mol. The number of ether oxygens (including phenoxy) is 2. The molecule has 0 spiro atoms. The van der Waals surface area contributed by atoms with Gasteiger partial charge in [0, 0.05) is 13.6 Å². The van der Waals surface area contributed by atoms with E-state index in [0.29, 0.717) is 13.2 Å². The molecule has 0 bridgehead atoms. The predicted molar refractivity (Wildman–Crippen MR) is 70.1 cm³/mol. The lowest BCUT2D eigenvalue weighted by molar-refractivity contribution is -0.136. The van der Waals surface area contributed by atoms with E-state index in [1.807, 2.05) is 13.8 Å². The van der Waals surface area contributed by atoms with E-state index in [1.165, 1.54) is 11.6 Å². The molecule has 0 aromatic carbocycles. The quantitative estimate of drug-likeness (QED) is 0.664. The second-order valence-corrected chi connectivity index (χ2v) is 4.91. The first-order chi connectivity index (χ1) is 8.80. The van der Waals surface area contributed by atoms with Gasteiger partial charge >= 0.3 is 5.69 Å². The van der Waals surface area contributed by atoms with Crippen molar-refractivity contribution in [3.05, 3.63) is 20.8 Å². The second-order valence-electron chi connectivity index (χ2n) is 4.91. The Balaban J connectivity index is 2.11. The van der Waals surface area contributed by atoms with Crippen LogP contribution in [-0.4, -0.2) is 34.6 Å². The maximum absolute atomic E-state index is 11.7. The van der Waals surface area contributed by atoms with Crippen LogP contribution < -0.4 is 22.3 Å². The standard InChI is InChI=1S/C11H18N4O4/c1-11(2)18-5-6(19-11)4-13-7-8(12)15(3)10(17)14-9(7)16/h6,13H,4-5,12H2,1-3H3,(H,14,16,17). The summed E-state index contributed by atoms with van der Waals surface area (Å²) in [6.45, 7) is 4.44. The summed E-state index contributed by atoms with van der Waals surface area (Å²) in [6.07, 6.45) is -0.175. The van der Waals surface area contributed by atoms with Crippen LogP contribution in [0.5, 0.6) is 0 Å². The van der Waals surface area contributed by atoms with Crippen molar-refractivity contribution in [1.82, 2.24) is 9.55 Å². The molecule has 1 aliphatic heterocycles. The second kappa shape index (κ2) is 4.71. The van der Waals surface area contributed by atoms with Gasteiger partial charge in [0.25, 0.3) is 5.56 Å². The third-order valence-electron chi connectivity index (χ3n) is 2.94. The van der Waals surface area contributed by atoms with Gasteiger partial charge in [-0.25, -0.2) is 4.79 Å². The molecular formula is C11H18N4O4. The average Bonchev–Trinajstić information content (AvgIpc) is 2.66. The Morgan fingerprint density at radius 2 is 2.21 bits per heavy atom. The van der Waals surface area contributed by atoms with E-state index in [2.05, 4.69) is 10.3 Å². The summed E-state index contributed by atoms with van der Waals surface area (Å²) in [4.78, 5) is 25.2. The van der Waals surface area contributed by atoms with Crippen molar-refractivity contribution in [3.63, 3.8) is 0 Å². The molecule has 1 aromatic rings. The Morgan fingerprint density at radius 1 is 1.53 bits per heavy atom. The molecule has 1 atom stereocenters. The Bertz CT molecular complexity index is 589. The van der Waals surface area contributed by atoms with Gasteiger partial charge in [0.2, 0.25) is 0 Å². The highest BCUT2D eigenvalue weighted by Gasteiger charge is 2.32. The molecular weight excluding hydrogens is 252 g/mol. The van der Waals surface area contributed by atoms with E-state index in [0.717, 1.165) is 0 Å². The Hall–Kier alpha value is -1.80. The molecule has 19 heavy (non-hydrogen) atoms. The fraction of sp³-hybridized carbons (Fsp3) is 0.636. The predicted octanol–water partition coefficient (Wildman–Crippen LogP) is -0.781. The van der Waals surface area contributed by atoms with Crippen LogP contribution in [0.1, 0.15) is 13.8 Å². The third-order valence-corrected chi connectivity index (χ3v) is 2.94. The summed E-state index contributed by atoms with van der Waals surface area (Å²) in [5, 5.41) is 2.90. The molecule has 2 rings (SSSR count). The summed E-state index contributed by atoms with van der Waals surface area (Å²) >= 11 is 0. The summed E-state index contributed by atoms with van der Waals surface area (Å²) < 4.78 is 12.2. The van der Waals surface area contributed by atoms with E-state index in [9.17, 15) is 9.59 Å². The maximum atomic E-state index is 11.7. The lowest BCUT2D eigenvalue weighted by Gasteiger charge is -2.18. The molecule has 2 heterocycles. The minimum atomic E-state index is -0.617. The van der Waals surface area contributed by atoms with Crippen molar-refractivity contribution >= 4 is 11.5 Å². The Kier molecular flexibility index (Phi) is 3.38. The zero-order valence-electron chi connectivity index (χ0n) is 11.1. The molecule has 4 N–H and O–H groups in total. The lowest BCUT2D eigenvalue weighted by Crippen LogP contribution is -2.34. The number of H-pyrrole nitrogens is 1. The number of anilines is 2. The fourth-order valence-corrected chi connectivity index (χ4v) is 1.89. The third kappa shape index (κ3) is 2.79. The van der Waals surface area contributed by atoms with Crippen LogP contribution in [0.4, 0.5) is 11.5 Å². The number of nitrogen functional groups attached to an aromatic ring is 1. The number of hydrogen-bond donors (Lipinski definition) is 3. The highest BCUT2D eigenvalue weighted by molar-refractivity contribution is 5.60. The molecule has 0 saturated carbocycles. The van der Waals surface area contributed by atoms with Gasteiger partial charge in [-0.1, -0.05) is 0 Å². The topological polar surface area (TPSA) is 111 Å². The maximum Gasteiger partial charge on any atom is 0.329 e. The minimum absolute atomic E-state index is 0.0897. The molecule has 1 unspecified atom stereocenters. The van der Waals surface area contributed by atoms with Gasteiger partial charge in [0.1, 0.15) is 17.6 Å². The van der Waals surface area contributed by atoms with Crippen LogP contribution in [-0.2, 0) is 16.5 Å². The Labute approximate surface area is 109 Å². The van der Waals surface area contributed by atoms with Crippen LogP contribution >= 0.6 is 0 Å². The van der Waals surface area contributed by atoms with Gasteiger partial charge in [-0.05, 0) is 13.8 Å². The summed E-state index contributed by atoms with van der Waals surface area (Å²) in [5.41, 5.74) is 4.80. The fourth-order valence-electron chi connectivity index (χ4n) is 1.89. The average molecular weight is 270 g/mol. The summed E-state index contributed by atoms with van der Waals surface area (Å²) in [5.74, 6) is -0.527. The van der Waals surface area contributed by atoms with Crippen molar-refractivity contribution in [1.29, 1.82) is 0 Å². The highest BCUT2D eigenvalue weighted by atomic mass is 16.7. The highest BCUT2D eigenvalue weighted by Crippen LogP contribution is 2.22. The van der Waals surface area contributed by atoms with Gasteiger partial charge in [0.15, 0.2) is 5.79 Å². The van der Waals surface area contributed by atoms with Crippen LogP contribution in [0, 0.1) is 0 Å². The van der Waals surface area contributed by atoms with Gasteiger partial charge in [-0.3, -0.25) is 14.3 Å². The number of aromatic nitrogens is 2. The molecule has 1 aliphatic rings. The molecule has 8 heteroatoms. The van der Waals surface area contributed by atoms with Crippen LogP contribution in [0.25, 0.3) is 0 Å². The minimum Gasteiger partial charge on any atom is -0.383 e. The summed E-state index contributed by atoms with van der Waals surface area (Å²) in [6, 6.07) is 0. The number of hydrogen-bond acceptors (Lipinski definition) is 6. The molecule has 8 nitrogen and oxygen atoms in total. The lowest BCUT2D eigenvalue weighted by atomic mass is 10.3. The number of rotatable bonds is 3. The van der Waals surface area contributed by atoms with Gasteiger partial charge in [-0.15, -0.1) is 0 Å². The molecule has 1 fully saturated rings. The first kappa shape index (κ1) is 13.6. The molecule has 106 valence electrons. The number of aromatic amines is 1. The zero-order chi connectivity index (χ0) is 14.2. The largest absolute Gasteiger partial charge is 0.383 e. The molecule has 0 radical (unpaired) electrons. The van der Waals surface area contributed by atoms with E-state index in [-0.39, 0.29) is 17.6 Å². The first-order valence-corrected chi connectivity index (χ1v) is 5.94. The van der Waals surface area contributed by atoms with Crippen molar-refractivity contribution in [2.45, 2.75) is 25.7 Å². The van der Waals surface area contributed by atoms with Gasteiger partial charge < -0.3 is 20.5 Å². The van der Waals surface area contributed by atoms with Crippen molar-refractivity contribution < 1.29 is 9.47 Å². The van der Waals surface area contributed by atoms with Gasteiger partial charge in [-0.2, -0.15) is 0 Å². The molecule has 1 aromatic heterocycles. The Morgan fingerprint density at radius 3 is 2.79 bits per heavy atom.